The number of esters is 1. The van der Waals surface area contributed by atoms with Crippen LogP contribution in [-0.4, -0.2) is 24.7 Å². The summed E-state index contributed by atoms with van der Waals surface area (Å²) in [7, 11) is 1.60. The van der Waals surface area contributed by atoms with E-state index in [0.29, 0.717) is 6.42 Å². The average Bonchev–Trinajstić information content (AvgIpc) is 2.29. The summed E-state index contributed by atoms with van der Waals surface area (Å²) in [5.41, 5.74) is 6.27. The van der Waals surface area contributed by atoms with Crippen molar-refractivity contribution in [1.82, 2.24) is 0 Å². The largest absolute Gasteiger partial charge is 0.497 e. The normalized spacial score (nSPS) is 12.9. The van der Waals surface area contributed by atoms with E-state index in [0.717, 1.165) is 15.8 Å². The van der Waals surface area contributed by atoms with E-state index < -0.39 is 17.6 Å². The first-order valence-corrected chi connectivity index (χ1v) is 6.83. The second-order valence-electron chi connectivity index (χ2n) is 5.30. The van der Waals surface area contributed by atoms with Gasteiger partial charge in [-0.15, -0.1) is 0 Å². The minimum Gasteiger partial charge on any atom is -0.497 e. The van der Waals surface area contributed by atoms with Crippen molar-refractivity contribution in [3.05, 3.63) is 28.2 Å². The molecule has 1 atom stereocenters. The highest BCUT2D eigenvalue weighted by molar-refractivity contribution is 9.10. The summed E-state index contributed by atoms with van der Waals surface area (Å²) in [5, 5.41) is 0. The van der Waals surface area contributed by atoms with Crippen LogP contribution in [0.3, 0.4) is 0 Å². The fraction of sp³-hybridized carbons (Fsp3) is 0.500. The summed E-state index contributed by atoms with van der Waals surface area (Å²) < 4.78 is 11.3. The molecule has 0 aromatic heterocycles. The molecule has 0 bridgehead atoms. The minimum atomic E-state index is -0.692. The van der Waals surface area contributed by atoms with Crippen LogP contribution in [0.1, 0.15) is 26.3 Å². The Morgan fingerprint density at radius 2 is 2.05 bits per heavy atom. The molecular weight excluding hydrogens is 310 g/mol. The van der Waals surface area contributed by atoms with Gasteiger partial charge in [-0.25, -0.2) is 0 Å². The van der Waals surface area contributed by atoms with Gasteiger partial charge in [-0.05, 0) is 51.0 Å². The number of rotatable bonds is 4. The first-order valence-electron chi connectivity index (χ1n) is 6.04. The first-order chi connectivity index (χ1) is 8.73. The molecule has 1 aromatic carbocycles. The van der Waals surface area contributed by atoms with Crippen LogP contribution in [0.25, 0.3) is 0 Å². The number of hydrogen-bond acceptors (Lipinski definition) is 4. The Balaban J connectivity index is 2.76. The number of benzene rings is 1. The van der Waals surface area contributed by atoms with Crippen molar-refractivity contribution in [2.75, 3.05) is 7.11 Å². The molecule has 0 spiro atoms. The van der Waals surface area contributed by atoms with Gasteiger partial charge in [0.2, 0.25) is 0 Å². The molecule has 0 aliphatic heterocycles. The molecule has 2 N–H and O–H groups in total. The Morgan fingerprint density at radius 1 is 1.42 bits per heavy atom. The van der Waals surface area contributed by atoms with E-state index in [4.69, 9.17) is 15.2 Å². The lowest BCUT2D eigenvalue weighted by atomic mass is 10.1. The second-order valence-corrected chi connectivity index (χ2v) is 6.16. The monoisotopic (exact) mass is 329 g/mol. The average molecular weight is 330 g/mol. The van der Waals surface area contributed by atoms with Crippen molar-refractivity contribution < 1.29 is 14.3 Å². The van der Waals surface area contributed by atoms with Crippen molar-refractivity contribution >= 4 is 21.9 Å². The predicted octanol–water partition coefficient (Wildman–Crippen LogP) is 2.67. The summed E-state index contributed by atoms with van der Waals surface area (Å²) >= 11 is 3.44. The molecule has 0 fully saturated rings. The van der Waals surface area contributed by atoms with E-state index in [9.17, 15) is 4.79 Å². The van der Waals surface area contributed by atoms with Crippen molar-refractivity contribution in [1.29, 1.82) is 0 Å². The molecule has 0 saturated heterocycles. The van der Waals surface area contributed by atoms with E-state index in [1.165, 1.54) is 0 Å². The van der Waals surface area contributed by atoms with Crippen molar-refractivity contribution in [2.24, 2.45) is 5.73 Å². The molecule has 0 saturated carbocycles. The number of ether oxygens (including phenoxy) is 2. The zero-order valence-electron chi connectivity index (χ0n) is 11.7. The summed E-state index contributed by atoms with van der Waals surface area (Å²) in [5.74, 6) is 0.330. The van der Waals surface area contributed by atoms with E-state index in [-0.39, 0.29) is 0 Å². The van der Waals surface area contributed by atoms with Gasteiger partial charge in [0.15, 0.2) is 0 Å². The SMILES string of the molecule is COc1ccc(Br)c(CC(N)C(=O)OC(C)(C)C)c1. The Morgan fingerprint density at radius 3 is 2.58 bits per heavy atom. The quantitative estimate of drug-likeness (QED) is 0.862. The van der Waals surface area contributed by atoms with Gasteiger partial charge in [-0.1, -0.05) is 15.9 Å². The van der Waals surface area contributed by atoms with Gasteiger partial charge < -0.3 is 15.2 Å². The third-order valence-corrected chi connectivity index (χ3v) is 3.18. The molecule has 1 rings (SSSR count). The van der Waals surface area contributed by atoms with Crippen LogP contribution in [0.15, 0.2) is 22.7 Å². The maximum Gasteiger partial charge on any atom is 0.323 e. The van der Waals surface area contributed by atoms with Crippen LogP contribution in [0.2, 0.25) is 0 Å². The summed E-state index contributed by atoms with van der Waals surface area (Å²) in [6.07, 6.45) is 0.396. The highest BCUT2D eigenvalue weighted by atomic mass is 79.9. The molecule has 19 heavy (non-hydrogen) atoms. The van der Waals surface area contributed by atoms with Crippen LogP contribution in [0, 0.1) is 0 Å². The zero-order valence-corrected chi connectivity index (χ0v) is 13.3. The predicted molar refractivity (Wildman–Crippen MR) is 78.2 cm³/mol. The molecule has 5 heteroatoms. The summed E-state index contributed by atoms with van der Waals surface area (Å²) in [4.78, 5) is 11.8. The highest BCUT2D eigenvalue weighted by Crippen LogP contribution is 2.23. The molecule has 1 aromatic rings. The molecule has 1 unspecified atom stereocenters. The van der Waals surface area contributed by atoms with Gasteiger partial charge in [0.1, 0.15) is 17.4 Å². The maximum atomic E-state index is 11.8. The molecule has 106 valence electrons. The number of hydrogen-bond donors (Lipinski definition) is 1. The lowest BCUT2D eigenvalue weighted by Crippen LogP contribution is -2.38. The third-order valence-electron chi connectivity index (χ3n) is 2.40. The minimum absolute atomic E-state index is 0.396. The molecule has 0 aliphatic rings. The van der Waals surface area contributed by atoms with Gasteiger partial charge in [0.25, 0.3) is 0 Å². The number of methoxy groups -OCH3 is 1. The first kappa shape index (κ1) is 16.0. The standard InChI is InChI=1S/C14H20BrNO3/c1-14(2,3)19-13(17)12(16)8-9-7-10(18-4)5-6-11(9)15/h5-7,12H,8,16H2,1-4H3. The molecule has 0 amide bonds. The Kier molecular flexibility index (Phi) is 5.38. The van der Waals surface area contributed by atoms with Gasteiger partial charge in [0.05, 0.1) is 7.11 Å². The fourth-order valence-corrected chi connectivity index (χ4v) is 1.94. The van der Waals surface area contributed by atoms with Crippen LogP contribution in [-0.2, 0) is 16.0 Å². The van der Waals surface area contributed by atoms with Crippen molar-refractivity contribution in [3.63, 3.8) is 0 Å². The van der Waals surface area contributed by atoms with Crippen LogP contribution >= 0.6 is 15.9 Å². The van der Waals surface area contributed by atoms with E-state index in [1.54, 1.807) is 7.11 Å². The number of carbonyl (C=O) groups is 1. The Bertz CT molecular complexity index is 454. The highest BCUT2D eigenvalue weighted by Gasteiger charge is 2.23. The van der Waals surface area contributed by atoms with Gasteiger partial charge >= 0.3 is 5.97 Å². The summed E-state index contributed by atoms with van der Waals surface area (Å²) in [6, 6.07) is 4.87. The Labute approximate surface area is 122 Å². The van der Waals surface area contributed by atoms with Crippen molar-refractivity contribution in [2.45, 2.75) is 38.8 Å². The zero-order chi connectivity index (χ0) is 14.6. The topological polar surface area (TPSA) is 61.5 Å². The molecular formula is C14H20BrNO3. The maximum absolute atomic E-state index is 11.8. The smallest absolute Gasteiger partial charge is 0.323 e. The second kappa shape index (κ2) is 6.39. The third kappa shape index (κ3) is 5.20. The van der Waals surface area contributed by atoms with E-state index >= 15 is 0 Å². The van der Waals surface area contributed by atoms with Crippen LogP contribution in [0.5, 0.6) is 5.75 Å². The summed E-state index contributed by atoms with van der Waals surface area (Å²) in [6.45, 7) is 5.46. The van der Waals surface area contributed by atoms with Gasteiger partial charge in [0, 0.05) is 4.47 Å². The van der Waals surface area contributed by atoms with E-state index in [1.807, 2.05) is 39.0 Å². The number of carbonyl (C=O) groups excluding carboxylic acids is 1. The van der Waals surface area contributed by atoms with Gasteiger partial charge in [-0.2, -0.15) is 0 Å². The van der Waals surface area contributed by atoms with Crippen LogP contribution in [0.4, 0.5) is 0 Å². The van der Waals surface area contributed by atoms with Gasteiger partial charge in [-0.3, -0.25) is 4.79 Å². The lowest BCUT2D eigenvalue weighted by molar-refractivity contribution is -0.156. The lowest BCUT2D eigenvalue weighted by Gasteiger charge is -2.22. The molecule has 0 heterocycles. The Hall–Kier alpha value is -1.07. The number of halogens is 1. The van der Waals surface area contributed by atoms with E-state index in [2.05, 4.69) is 15.9 Å². The molecule has 0 radical (unpaired) electrons. The number of nitrogens with two attached hydrogens (primary N) is 1. The van der Waals surface area contributed by atoms with Crippen molar-refractivity contribution in [3.8, 4) is 5.75 Å². The fourth-order valence-electron chi connectivity index (χ4n) is 1.53. The van der Waals surface area contributed by atoms with Crippen LogP contribution < -0.4 is 10.5 Å². The molecule has 0 aliphatic carbocycles. The molecule has 4 nitrogen and oxygen atoms in total.